The van der Waals surface area contributed by atoms with E-state index in [-0.39, 0.29) is 24.1 Å². The number of thioether (sulfide) groups is 1. The van der Waals surface area contributed by atoms with Gasteiger partial charge in [-0.2, -0.15) is 0 Å². The first-order chi connectivity index (χ1) is 15.6. The molecule has 1 unspecified atom stereocenters. The fourth-order valence-electron chi connectivity index (χ4n) is 5.02. The number of benzene rings is 1. The Bertz CT molecular complexity index is 838. The topological polar surface area (TPSA) is 78.5 Å². The molecule has 7 heteroatoms. The Morgan fingerprint density at radius 2 is 1.78 bits per heavy atom. The molecule has 1 aliphatic carbocycles. The van der Waals surface area contributed by atoms with Crippen LogP contribution >= 0.6 is 11.8 Å². The van der Waals surface area contributed by atoms with Crippen molar-refractivity contribution in [2.45, 2.75) is 94.2 Å². The predicted octanol–water partition coefficient (Wildman–Crippen LogP) is 4.02. The van der Waals surface area contributed by atoms with E-state index in [1.807, 2.05) is 23.9 Å². The van der Waals surface area contributed by atoms with Gasteiger partial charge < -0.3 is 10.2 Å². The minimum atomic E-state index is -0.544. The number of fused-ring (bicyclic) bond motifs is 1. The van der Waals surface area contributed by atoms with Crippen molar-refractivity contribution in [3.63, 3.8) is 0 Å². The molecule has 174 valence electrons. The summed E-state index contributed by atoms with van der Waals surface area (Å²) < 4.78 is 0. The summed E-state index contributed by atoms with van der Waals surface area (Å²) in [4.78, 5) is 39.1. The van der Waals surface area contributed by atoms with E-state index >= 15 is 0 Å². The van der Waals surface area contributed by atoms with Crippen LogP contribution in [0.4, 0.5) is 0 Å². The third-order valence-electron chi connectivity index (χ3n) is 6.87. The van der Waals surface area contributed by atoms with Crippen molar-refractivity contribution in [2.75, 3.05) is 12.3 Å². The Kier molecular flexibility index (Phi) is 8.25. The average Bonchev–Trinajstić information content (AvgIpc) is 3.40. The van der Waals surface area contributed by atoms with Crippen LogP contribution in [0.3, 0.4) is 0 Å². The highest BCUT2D eigenvalue weighted by molar-refractivity contribution is 7.99. The van der Waals surface area contributed by atoms with Crippen LogP contribution in [0.5, 0.6) is 0 Å². The van der Waals surface area contributed by atoms with Crippen LogP contribution < -0.4 is 10.6 Å². The number of carbonyl (C=O) groups excluding carboxylic acids is 3. The standard InChI is InChI=1S/C25H35N3O3S/c29-23-13-12-22(24(30)27-23)28-17-18-16-20(10-11-21(18)25(28)31)32-15-7-3-1-2-6-14-26-19-8-4-5-9-19/h10-11,16,19,22,26H,1-9,12-15,17H2,(H,27,29,30). The summed E-state index contributed by atoms with van der Waals surface area (Å²) in [5.41, 5.74) is 1.67. The lowest BCUT2D eigenvalue weighted by molar-refractivity contribution is -0.136. The molecule has 6 nitrogen and oxygen atoms in total. The molecule has 3 aliphatic rings. The van der Waals surface area contributed by atoms with Crippen LogP contribution in [-0.4, -0.2) is 47.0 Å². The van der Waals surface area contributed by atoms with Gasteiger partial charge in [-0.25, -0.2) is 0 Å². The SMILES string of the molecule is O=C1CCC(N2Cc3cc(SCCCCCCCNC4CCCC4)ccc3C2=O)C(=O)N1. The maximum absolute atomic E-state index is 12.8. The van der Waals surface area contributed by atoms with Gasteiger partial charge in [-0.3, -0.25) is 19.7 Å². The van der Waals surface area contributed by atoms with E-state index in [9.17, 15) is 14.4 Å². The summed E-state index contributed by atoms with van der Waals surface area (Å²) in [7, 11) is 0. The number of hydrogen-bond acceptors (Lipinski definition) is 5. The molecule has 2 heterocycles. The molecule has 0 spiro atoms. The van der Waals surface area contributed by atoms with Crippen molar-refractivity contribution < 1.29 is 14.4 Å². The normalized spacial score (nSPS) is 21.3. The first-order valence-electron chi connectivity index (χ1n) is 12.3. The molecule has 2 aliphatic heterocycles. The summed E-state index contributed by atoms with van der Waals surface area (Å²) in [5.74, 6) is 0.374. The Morgan fingerprint density at radius 1 is 1.00 bits per heavy atom. The molecular formula is C25H35N3O3S. The molecule has 0 bridgehead atoms. The van der Waals surface area contributed by atoms with Crippen molar-refractivity contribution in [1.29, 1.82) is 0 Å². The molecule has 0 radical (unpaired) electrons. The maximum Gasteiger partial charge on any atom is 0.255 e. The highest BCUT2D eigenvalue weighted by atomic mass is 32.2. The summed E-state index contributed by atoms with van der Waals surface area (Å²) in [6.45, 7) is 1.62. The third-order valence-corrected chi connectivity index (χ3v) is 7.95. The summed E-state index contributed by atoms with van der Waals surface area (Å²) in [5, 5.41) is 6.04. The van der Waals surface area contributed by atoms with Crippen LogP contribution in [0.2, 0.25) is 0 Å². The molecule has 3 amide bonds. The lowest BCUT2D eigenvalue weighted by atomic mass is 10.0. The van der Waals surface area contributed by atoms with Gasteiger partial charge in [0.25, 0.3) is 5.91 Å². The maximum atomic E-state index is 12.8. The minimum Gasteiger partial charge on any atom is -0.322 e. The smallest absolute Gasteiger partial charge is 0.255 e. The van der Waals surface area contributed by atoms with Crippen molar-refractivity contribution in [3.05, 3.63) is 29.3 Å². The largest absolute Gasteiger partial charge is 0.322 e. The lowest BCUT2D eigenvalue weighted by Crippen LogP contribution is -2.52. The monoisotopic (exact) mass is 457 g/mol. The first kappa shape index (κ1) is 23.3. The van der Waals surface area contributed by atoms with Crippen LogP contribution in [0.25, 0.3) is 0 Å². The quantitative estimate of drug-likeness (QED) is 0.298. The molecule has 1 saturated heterocycles. The molecule has 0 aromatic heterocycles. The van der Waals surface area contributed by atoms with E-state index < -0.39 is 6.04 Å². The van der Waals surface area contributed by atoms with Gasteiger partial charge in [-0.05, 0) is 68.2 Å². The number of imide groups is 1. The molecule has 2 N–H and O–H groups in total. The Balaban J connectivity index is 1.14. The van der Waals surface area contributed by atoms with Gasteiger partial charge in [0, 0.05) is 29.5 Å². The Morgan fingerprint density at radius 3 is 2.59 bits per heavy atom. The van der Waals surface area contributed by atoms with Gasteiger partial charge in [0.1, 0.15) is 6.04 Å². The van der Waals surface area contributed by atoms with Gasteiger partial charge in [-0.15, -0.1) is 11.8 Å². The van der Waals surface area contributed by atoms with Crippen molar-refractivity contribution in [1.82, 2.24) is 15.5 Å². The van der Waals surface area contributed by atoms with Crippen molar-refractivity contribution in [2.24, 2.45) is 0 Å². The summed E-state index contributed by atoms with van der Waals surface area (Å²) >= 11 is 1.84. The molecule has 1 aromatic rings. The minimum absolute atomic E-state index is 0.103. The van der Waals surface area contributed by atoms with Crippen molar-refractivity contribution in [3.8, 4) is 0 Å². The second-order valence-electron chi connectivity index (χ2n) is 9.27. The molecule has 1 atom stereocenters. The van der Waals surface area contributed by atoms with Crippen LogP contribution in [0.1, 0.15) is 86.6 Å². The second kappa shape index (κ2) is 11.3. The number of nitrogens with zero attached hydrogens (tertiary/aromatic N) is 1. The molecule has 2 fully saturated rings. The highest BCUT2D eigenvalue weighted by Crippen LogP contribution is 2.31. The molecule has 4 rings (SSSR count). The van der Waals surface area contributed by atoms with E-state index in [1.54, 1.807) is 4.90 Å². The average molecular weight is 458 g/mol. The fraction of sp³-hybridized carbons (Fsp3) is 0.640. The zero-order valence-electron chi connectivity index (χ0n) is 18.9. The van der Waals surface area contributed by atoms with Crippen LogP contribution in [0.15, 0.2) is 23.1 Å². The molecule has 1 aromatic carbocycles. The number of nitrogens with one attached hydrogen (secondary N) is 2. The number of carbonyl (C=O) groups is 3. The van der Waals surface area contributed by atoms with Gasteiger partial charge in [-0.1, -0.05) is 32.1 Å². The van der Waals surface area contributed by atoms with Crippen LogP contribution in [-0.2, 0) is 16.1 Å². The van der Waals surface area contributed by atoms with E-state index in [4.69, 9.17) is 0 Å². The Labute approximate surface area is 195 Å². The number of rotatable bonds is 11. The van der Waals surface area contributed by atoms with E-state index in [1.165, 1.54) is 69.2 Å². The number of piperidine rings is 1. The van der Waals surface area contributed by atoms with Gasteiger partial charge >= 0.3 is 0 Å². The lowest BCUT2D eigenvalue weighted by Gasteiger charge is -2.29. The summed E-state index contributed by atoms with van der Waals surface area (Å²) in [6, 6.07) is 6.24. The summed E-state index contributed by atoms with van der Waals surface area (Å²) in [6.07, 6.45) is 12.6. The van der Waals surface area contributed by atoms with Gasteiger partial charge in [0.2, 0.25) is 11.8 Å². The number of unbranched alkanes of at least 4 members (excludes halogenated alkanes) is 4. The zero-order valence-corrected chi connectivity index (χ0v) is 19.7. The van der Waals surface area contributed by atoms with Gasteiger partial charge in [0.15, 0.2) is 0 Å². The van der Waals surface area contributed by atoms with Gasteiger partial charge in [0.05, 0.1) is 0 Å². The van der Waals surface area contributed by atoms with E-state index in [0.29, 0.717) is 18.5 Å². The molecular weight excluding hydrogens is 422 g/mol. The second-order valence-corrected chi connectivity index (χ2v) is 10.4. The Hall–Kier alpha value is -1.86. The highest BCUT2D eigenvalue weighted by Gasteiger charge is 2.39. The van der Waals surface area contributed by atoms with Crippen LogP contribution in [0, 0.1) is 0 Å². The molecule has 32 heavy (non-hydrogen) atoms. The first-order valence-corrected chi connectivity index (χ1v) is 13.2. The van der Waals surface area contributed by atoms with E-state index in [2.05, 4.69) is 16.7 Å². The molecule has 1 saturated carbocycles. The number of amides is 3. The van der Waals surface area contributed by atoms with E-state index in [0.717, 1.165) is 17.4 Å². The number of hydrogen-bond donors (Lipinski definition) is 2. The zero-order chi connectivity index (χ0) is 22.3. The fourth-order valence-corrected chi connectivity index (χ4v) is 6.00. The predicted molar refractivity (Wildman–Crippen MR) is 127 cm³/mol. The van der Waals surface area contributed by atoms with Crippen molar-refractivity contribution >= 4 is 29.5 Å². The third kappa shape index (κ3) is 5.93.